The Morgan fingerprint density at radius 2 is 2.08 bits per heavy atom. The Hall–Kier alpha value is -2.19. The molecule has 7 nitrogen and oxygen atoms in total. The highest BCUT2D eigenvalue weighted by Crippen LogP contribution is 2.23. The number of hydrogen-bond donors (Lipinski definition) is 1. The molecule has 0 saturated heterocycles. The summed E-state index contributed by atoms with van der Waals surface area (Å²) in [6.45, 7) is 5.30. The number of hydrogen-bond acceptors (Lipinski definition) is 5. The average molecular weight is 349 g/mol. The van der Waals surface area contributed by atoms with Crippen molar-refractivity contribution in [3.05, 3.63) is 46.8 Å². The number of nitrogens with zero attached hydrogens (tertiary/aromatic N) is 2. The molecule has 2 aromatic rings. The molecule has 0 spiro atoms. The highest BCUT2D eigenvalue weighted by molar-refractivity contribution is 7.90. The van der Waals surface area contributed by atoms with Gasteiger partial charge in [-0.1, -0.05) is 13.0 Å². The molecule has 8 heteroatoms. The maximum absolute atomic E-state index is 12.5. The van der Waals surface area contributed by atoms with Crippen molar-refractivity contribution in [3.63, 3.8) is 0 Å². The zero-order chi connectivity index (χ0) is 17.3. The number of carbonyl (C=O) groups is 1. The molecule has 0 bridgehead atoms. The number of aromatic nitrogens is 2. The first-order chi connectivity index (χ1) is 11.4. The maximum atomic E-state index is 12.5. The van der Waals surface area contributed by atoms with Gasteiger partial charge in [0.15, 0.2) is 0 Å². The van der Waals surface area contributed by atoms with Crippen molar-refractivity contribution in [2.75, 3.05) is 0 Å². The summed E-state index contributed by atoms with van der Waals surface area (Å²) in [6.07, 6.45) is 2.27. The van der Waals surface area contributed by atoms with Gasteiger partial charge < -0.3 is 4.74 Å². The van der Waals surface area contributed by atoms with Gasteiger partial charge in [-0.15, -0.1) is 0 Å². The molecule has 3 rings (SSSR count). The lowest BCUT2D eigenvalue weighted by Crippen LogP contribution is -2.31. The fraction of sp³-hybridized carbons (Fsp3) is 0.375. The summed E-state index contributed by atoms with van der Waals surface area (Å²) in [5, 5.41) is 4.12. The molecule has 1 aliphatic rings. The lowest BCUT2D eigenvalue weighted by atomic mass is 10.1. The van der Waals surface area contributed by atoms with E-state index in [1.165, 1.54) is 12.3 Å². The van der Waals surface area contributed by atoms with Crippen LogP contribution in [0.3, 0.4) is 0 Å². The van der Waals surface area contributed by atoms with Crippen molar-refractivity contribution < 1.29 is 17.9 Å². The quantitative estimate of drug-likeness (QED) is 0.888. The number of benzene rings is 1. The van der Waals surface area contributed by atoms with E-state index in [1.807, 2.05) is 6.92 Å². The monoisotopic (exact) mass is 349 g/mol. The summed E-state index contributed by atoms with van der Waals surface area (Å²) in [4.78, 5) is 12.4. The molecule has 0 saturated carbocycles. The van der Waals surface area contributed by atoms with Crippen molar-refractivity contribution in [2.45, 2.75) is 44.9 Å². The Labute approximate surface area is 140 Å². The first-order valence-corrected chi connectivity index (χ1v) is 9.20. The topological polar surface area (TPSA) is 90.3 Å². The minimum absolute atomic E-state index is 0.0544. The van der Waals surface area contributed by atoms with Gasteiger partial charge in [0.05, 0.1) is 29.9 Å². The van der Waals surface area contributed by atoms with Crippen LogP contribution in [0, 0.1) is 6.92 Å². The van der Waals surface area contributed by atoms with Crippen LogP contribution >= 0.6 is 0 Å². The number of ether oxygens (including phenoxy) is 1. The number of carbonyl (C=O) groups excluding carboxylic acids is 1. The van der Waals surface area contributed by atoms with E-state index in [1.54, 1.807) is 23.7 Å². The minimum Gasteiger partial charge on any atom is -0.372 e. The molecule has 0 unspecified atom stereocenters. The number of sulfonamides is 1. The Kier molecular flexibility index (Phi) is 4.42. The van der Waals surface area contributed by atoms with Crippen molar-refractivity contribution in [1.82, 2.24) is 14.5 Å². The number of nitrogens with one attached hydrogen (secondary N) is 1. The van der Waals surface area contributed by atoms with Crippen LogP contribution in [0.2, 0.25) is 0 Å². The molecule has 1 aliphatic heterocycles. The Balaban J connectivity index is 1.83. The van der Waals surface area contributed by atoms with Gasteiger partial charge in [-0.3, -0.25) is 9.48 Å². The molecular formula is C16H19N3O4S. The number of fused-ring (bicyclic) bond motifs is 1. The predicted molar refractivity (Wildman–Crippen MR) is 86.8 cm³/mol. The minimum atomic E-state index is -3.94. The van der Waals surface area contributed by atoms with Crippen molar-refractivity contribution >= 4 is 15.9 Å². The van der Waals surface area contributed by atoms with Crippen LogP contribution < -0.4 is 4.72 Å². The lowest BCUT2D eigenvalue weighted by molar-refractivity contribution is 0.0980. The van der Waals surface area contributed by atoms with Gasteiger partial charge in [0, 0.05) is 12.2 Å². The van der Waals surface area contributed by atoms with Gasteiger partial charge in [0.1, 0.15) is 0 Å². The molecule has 1 aromatic heterocycles. The van der Waals surface area contributed by atoms with Crippen LogP contribution in [-0.2, 0) is 34.5 Å². The zero-order valence-corrected chi connectivity index (χ0v) is 14.4. The SMILES string of the molecule is CCCn1ncc(C(=O)NS(=O)(=O)c2ccc3c(c2)COC3)c1C. The largest absolute Gasteiger partial charge is 0.372 e. The van der Waals surface area contributed by atoms with E-state index >= 15 is 0 Å². The standard InChI is InChI=1S/C16H19N3O4S/c1-3-6-19-11(2)15(8-17-19)16(20)18-24(21,22)14-5-4-12-9-23-10-13(12)7-14/h4-5,7-8H,3,6,9-10H2,1-2H3,(H,18,20). The molecule has 2 heterocycles. The van der Waals surface area contributed by atoms with Gasteiger partial charge in [-0.05, 0) is 36.6 Å². The Morgan fingerprint density at radius 3 is 2.83 bits per heavy atom. The summed E-state index contributed by atoms with van der Waals surface area (Å²) in [6, 6.07) is 4.74. The number of rotatable bonds is 5. The fourth-order valence-corrected chi connectivity index (χ4v) is 3.67. The van der Waals surface area contributed by atoms with Gasteiger partial charge in [-0.2, -0.15) is 5.10 Å². The van der Waals surface area contributed by atoms with E-state index in [0.29, 0.717) is 25.5 Å². The second kappa shape index (κ2) is 6.37. The van der Waals surface area contributed by atoms with E-state index in [4.69, 9.17) is 4.74 Å². The molecule has 24 heavy (non-hydrogen) atoms. The third-order valence-electron chi connectivity index (χ3n) is 4.01. The first kappa shape index (κ1) is 16.7. The van der Waals surface area contributed by atoms with E-state index in [2.05, 4.69) is 9.82 Å². The summed E-state index contributed by atoms with van der Waals surface area (Å²) < 4.78 is 34.0. The Bertz CT molecular complexity index is 887. The fourth-order valence-electron chi connectivity index (χ4n) is 2.66. The van der Waals surface area contributed by atoms with Crippen molar-refractivity contribution in [2.24, 2.45) is 0 Å². The summed E-state index contributed by atoms with van der Waals surface area (Å²) in [5.41, 5.74) is 2.71. The normalized spacial score (nSPS) is 13.8. The lowest BCUT2D eigenvalue weighted by Gasteiger charge is -2.08. The first-order valence-electron chi connectivity index (χ1n) is 7.71. The van der Waals surface area contributed by atoms with Gasteiger partial charge in [0.2, 0.25) is 0 Å². The van der Waals surface area contributed by atoms with Gasteiger partial charge in [0.25, 0.3) is 15.9 Å². The van der Waals surface area contributed by atoms with E-state index < -0.39 is 15.9 Å². The third kappa shape index (κ3) is 3.07. The number of aryl methyl sites for hydroxylation is 1. The van der Waals surface area contributed by atoms with Crippen LogP contribution in [0.25, 0.3) is 0 Å². The number of amides is 1. The van der Waals surface area contributed by atoms with Gasteiger partial charge in [-0.25, -0.2) is 13.1 Å². The van der Waals surface area contributed by atoms with E-state index in [-0.39, 0.29) is 10.5 Å². The molecule has 0 atom stereocenters. The predicted octanol–water partition coefficient (Wildman–Crippen LogP) is 1.75. The highest BCUT2D eigenvalue weighted by Gasteiger charge is 2.23. The average Bonchev–Trinajstić information content (AvgIpc) is 3.14. The molecule has 1 N–H and O–H groups in total. The smallest absolute Gasteiger partial charge is 0.268 e. The van der Waals surface area contributed by atoms with Crippen LogP contribution in [0.1, 0.15) is 40.5 Å². The van der Waals surface area contributed by atoms with Gasteiger partial charge >= 0.3 is 0 Å². The van der Waals surface area contributed by atoms with Crippen molar-refractivity contribution in [1.29, 1.82) is 0 Å². The zero-order valence-electron chi connectivity index (χ0n) is 13.6. The van der Waals surface area contributed by atoms with E-state index in [9.17, 15) is 13.2 Å². The molecule has 0 aliphatic carbocycles. The van der Waals surface area contributed by atoms with Crippen LogP contribution in [0.15, 0.2) is 29.3 Å². The summed E-state index contributed by atoms with van der Waals surface area (Å²) >= 11 is 0. The van der Waals surface area contributed by atoms with Crippen molar-refractivity contribution in [3.8, 4) is 0 Å². The molecule has 0 fully saturated rings. The second-order valence-corrected chi connectivity index (χ2v) is 7.41. The Morgan fingerprint density at radius 1 is 1.33 bits per heavy atom. The summed E-state index contributed by atoms with van der Waals surface area (Å²) in [5.74, 6) is -0.674. The molecule has 0 radical (unpaired) electrons. The third-order valence-corrected chi connectivity index (χ3v) is 5.34. The van der Waals surface area contributed by atoms with Crippen LogP contribution in [-0.4, -0.2) is 24.1 Å². The molecule has 1 aromatic carbocycles. The highest BCUT2D eigenvalue weighted by atomic mass is 32.2. The molecule has 1 amide bonds. The molecule has 128 valence electrons. The summed E-state index contributed by atoms with van der Waals surface area (Å²) in [7, 11) is -3.94. The van der Waals surface area contributed by atoms with Crippen LogP contribution in [0.5, 0.6) is 0 Å². The maximum Gasteiger partial charge on any atom is 0.268 e. The van der Waals surface area contributed by atoms with E-state index in [0.717, 1.165) is 17.5 Å². The molecular weight excluding hydrogens is 330 g/mol. The second-order valence-electron chi connectivity index (χ2n) is 5.72. The van der Waals surface area contributed by atoms with Crippen LogP contribution in [0.4, 0.5) is 0 Å².